The molecule has 1 unspecified atom stereocenters. The van der Waals surface area contributed by atoms with Gasteiger partial charge in [0, 0.05) is 25.6 Å². The van der Waals surface area contributed by atoms with Crippen LogP contribution in [0.1, 0.15) is 36.4 Å². The molecular formula is C22H28N2O2. The first kappa shape index (κ1) is 18.5. The predicted molar refractivity (Wildman–Crippen MR) is 104 cm³/mol. The standard InChI is InChI=1S/C22H28N2O2/c1-26-20-9-7-17(8-10-20)15-18-11-13-24(14-12-18)22(25)16-21(23)19-5-3-2-4-6-19/h2-10,18,21H,11-16,23H2,1H3. The first-order valence-corrected chi connectivity index (χ1v) is 9.37. The molecule has 0 saturated carbocycles. The van der Waals surface area contributed by atoms with Crippen LogP contribution in [0.4, 0.5) is 0 Å². The largest absolute Gasteiger partial charge is 0.497 e. The number of amides is 1. The maximum atomic E-state index is 12.5. The molecule has 1 saturated heterocycles. The van der Waals surface area contributed by atoms with Gasteiger partial charge in [-0.3, -0.25) is 4.79 Å². The maximum absolute atomic E-state index is 12.5. The molecule has 1 fully saturated rings. The van der Waals surface area contributed by atoms with E-state index < -0.39 is 0 Å². The van der Waals surface area contributed by atoms with E-state index in [2.05, 4.69) is 12.1 Å². The molecule has 3 rings (SSSR count). The van der Waals surface area contributed by atoms with E-state index in [0.29, 0.717) is 12.3 Å². The molecule has 138 valence electrons. The molecule has 26 heavy (non-hydrogen) atoms. The summed E-state index contributed by atoms with van der Waals surface area (Å²) in [5.41, 5.74) is 8.56. The maximum Gasteiger partial charge on any atom is 0.224 e. The fourth-order valence-corrected chi connectivity index (χ4v) is 3.62. The molecule has 2 aromatic rings. The van der Waals surface area contributed by atoms with Crippen LogP contribution in [0.2, 0.25) is 0 Å². The summed E-state index contributed by atoms with van der Waals surface area (Å²) >= 11 is 0. The monoisotopic (exact) mass is 352 g/mol. The van der Waals surface area contributed by atoms with Crippen molar-refractivity contribution in [3.63, 3.8) is 0 Å². The highest BCUT2D eigenvalue weighted by molar-refractivity contribution is 5.77. The number of ether oxygens (including phenoxy) is 1. The van der Waals surface area contributed by atoms with Gasteiger partial charge in [-0.1, -0.05) is 42.5 Å². The lowest BCUT2D eigenvalue weighted by Crippen LogP contribution is -2.40. The minimum Gasteiger partial charge on any atom is -0.497 e. The zero-order valence-corrected chi connectivity index (χ0v) is 15.4. The summed E-state index contributed by atoms with van der Waals surface area (Å²) in [5, 5.41) is 0. The first-order valence-electron chi connectivity index (χ1n) is 9.37. The lowest BCUT2D eigenvalue weighted by molar-refractivity contribution is -0.133. The van der Waals surface area contributed by atoms with Crippen LogP contribution in [-0.4, -0.2) is 31.0 Å². The molecular weight excluding hydrogens is 324 g/mol. The molecule has 4 heteroatoms. The Labute approximate surface area is 156 Å². The lowest BCUT2D eigenvalue weighted by Gasteiger charge is -2.32. The number of carbonyl (C=O) groups is 1. The van der Waals surface area contributed by atoms with Crippen molar-refractivity contribution in [3.05, 3.63) is 65.7 Å². The minimum atomic E-state index is -0.222. The highest BCUT2D eigenvalue weighted by Gasteiger charge is 2.24. The van der Waals surface area contributed by atoms with Gasteiger partial charge in [0.1, 0.15) is 5.75 Å². The Morgan fingerprint density at radius 1 is 1.12 bits per heavy atom. The molecule has 1 aliphatic rings. The van der Waals surface area contributed by atoms with Gasteiger partial charge in [-0.15, -0.1) is 0 Å². The molecule has 4 nitrogen and oxygen atoms in total. The average Bonchev–Trinajstić information content (AvgIpc) is 2.69. The van der Waals surface area contributed by atoms with E-state index >= 15 is 0 Å². The van der Waals surface area contributed by atoms with Gasteiger partial charge >= 0.3 is 0 Å². The SMILES string of the molecule is COc1ccc(CC2CCN(C(=O)CC(N)c3ccccc3)CC2)cc1. The molecule has 0 radical (unpaired) electrons. The highest BCUT2D eigenvalue weighted by Crippen LogP contribution is 2.24. The van der Waals surface area contributed by atoms with Gasteiger partial charge in [0.15, 0.2) is 0 Å². The minimum absolute atomic E-state index is 0.171. The van der Waals surface area contributed by atoms with Crippen molar-refractivity contribution in [1.82, 2.24) is 4.90 Å². The summed E-state index contributed by atoms with van der Waals surface area (Å²) in [7, 11) is 1.69. The summed E-state index contributed by atoms with van der Waals surface area (Å²) in [6, 6.07) is 17.9. The van der Waals surface area contributed by atoms with E-state index in [0.717, 1.165) is 43.7 Å². The van der Waals surface area contributed by atoms with Gasteiger partial charge in [-0.25, -0.2) is 0 Å². The lowest BCUT2D eigenvalue weighted by atomic mass is 9.90. The topological polar surface area (TPSA) is 55.6 Å². The third kappa shape index (κ3) is 4.85. The van der Waals surface area contributed by atoms with Gasteiger partial charge in [0.25, 0.3) is 0 Å². The van der Waals surface area contributed by atoms with Crippen molar-refractivity contribution < 1.29 is 9.53 Å². The molecule has 0 aromatic heterocycles. The zero-order valence-electron chi connectivity index (χ0n) is 15.4. The van der Waals surface area contributed by atoms with Crippen LogP contribution in [0.25, 0.3) is 0 Å². The van der Waals surface area contributed by atoms with Crippen molar-refractivity contribution >= 4 is 5.91 Å². The van der Waals surface area contributed by atoms with Gasteiger partial charge in [-0.05, 0) is 48.4 Å². The number of piperidine rings is 1. The van der Waals surface area contributed by atoms with Crippen LogP contribution in [0.3, 0.4) is 0 Å². The fraction of sp³-hybridized carbons (Fsp3) is 0.409. The molecule has 0 aliphatic carbocycles. The smallest absolute Gasteiger partial charge is 0.224 e. The molecule has 0 bridgehead atoms. The summed E-state index contributed by atoms with van der Waals surface area (Å²) in [5.74, 6) is 1.70. The summed E-state index contributed by atoms with van der Waals surface area (Å²) in [4.78, 5) is 14.5. The van der Waals surface area contributed by atoms with Gasteiger partial charge < -0.3 is 15.4 Å². The number of rotatable bonds is 6. The molecule has 1 amide bonds. The number of carbonyl (C=O) groups excluding carboxylic acids is 1. The number of hydrogen-bond donors (Lipinski definition) is 1. The third-order valence-corrected chi connectivity index (χ3v) is 5.27. The van der Waals surface area contributed by atoms with E-state index in [1.54, 1.807) is 7.11 Å². The van der Waals surface area contributed by atoms with Crippen LogP contribution in [0.5, 0.6) is 5.75 Å². The van der Waals surface area contributed by atoms with Crippen molar-refractivity contribution in [3.8, 4) is 5.75 Å². The number of hydrogen-bond acceptors (Lipinski definition) is 3. The van der Waals surface area contributed by atoms with Crippen LogP contribution in [0, 0.1) is 5.92 Å². The Hall–Kier alpha value is -2.33. The van der Waals surface area contributed by atoms with Gasteiger partial charge in [0.05, 0.1) is 7.11 Å². The summed E-state index contributed by atoms with van der Waals surface area (Å²) in [6.45, 7) is 1.67. The average molecular weight is 352 g/mol. The van der Waals surface area contributed by atoms with Crippen LogP contribution in [0.15, 0.2) is 54.6 Å². The molecule has 2 N–H and O–H groups in total. The number of nitrogens with two attached hydrogens (primary N) is 1. The van der Waals surface area contributed by atoms with E-state index in [9.17, 15) is 4.79 Å². The predicted octanol–water partition coefficient (Wildman–Crippen LogP) is 3.57. The number of nitrogens with zero attached hydrogens (tertiary/aromatic N) is 1. The Morgan fingerprint density at radius 2 is 1.77 bits per heavy atom. The Morgan fingerprint density at radius 3 is 2.38 bits per heavy atom. The molecule has 1 heterocycles. The van der Waals surface area contributed by atoms with Crippen LogP contribution >= 0.6 is 0 Å². The second-order valence-corrected chi connectivity index (χ2v) is 7.10. The van der Waals surface area contributed by atoms with E-state index in [1.165, 1.54) is 5.56 Å². The molecule has 2 aromatic carbocycles. The number of likely N-dealkylation sites (tertiary alicyclic amines) is 1. The van der Waals surface area contributed by atoms with E-state index in [4.69, 9.17) is 10.5 Å². The van der Waals surface area contributed by atoms with E-state index in [-0.39, 0.29) is 11.9 Å². The highest BCUT2D eigenvalue weighted by atomic mass is 16.5. The van der Waals surface area contributed by atoms with E-state index in [1.807, 2.05) is 47.4 Å². The molecule has 1 aliphatic heterocycles. The van der Waals surface area contributed by atoms with Crippen molar-refractivity contribution in [2.24, 2.45) is 11.7 Å². The second kappa shape index (κ2) is 8.86. The Kier molecular flexibility index (Phi) is 6.29. The molecule has 1 atom stereocenters. The van der Waals surface area contributed by atoms with Crippen LogP contribution < -0.4 is 10.5 Å². The number of benzene rings is 2. The summed E-state index contributed by atoms with van der Waals surface area (Å²) in [6.07, 6.45) is 3.55. The zero-order chi connectivity index (χ0) is 18.4. The van der Waals surface area contributed by atoms with Crippen molar-refractivity contribution in [1.29, 1.82) is 0 Å². The van der Waals surface area contributed by atoms with Gasteiger partial charge in [0.2, 0.25) is 5.91 Å². The second-order valence-electron chi connectivity index (χ2n) is 7.10. The summed E-state index contributed by atoms with van der Waals surface area (Å²) < 4.78 is 5.21. The van der Waals surface area contributed by atoms with Crippen molar-refractivity contribution in [2.75, 3.05) is 20.2 Å². The quantitative estimate of drug-likeness (QED) is 0.865. The third-order valence-electron chi connectivity index (χ3n) is 5.27. The van der Waals surface area contributed by atoms with Gasteiger partial charge in [-0.2, -0.15) is 0 Å². The van der Waals surface area contributed by atoms with Crippen molar-refractivity contribution in [2.45, 2.75) is 31.7 Å². The molecule has 0 spiro atoms. The number of methoxy groups -OCH3 is 1. The van der Waals surface area contributed by atoms with Crippen LogP contribution in [-0.2, 0) is 11.2 Å². The Bertz CT molecular complexity index is 692. The fourth-order valence-electron chi connectivity index (χ4n) is 3.62. The Balaban J connectivity index is 1.46. The normalized spacial score (nSPS) is 16.3. The first-order chi connectivity index (χ1) is 12.7.